The predicted molar refractivity (Wildman–Crippen MR) is 150 cm³/mol. The van der Waals surface area contributed by atoms with Gasteiger partial charge >= 0.3 is 6.03 Å². The van der Waals surface area contributed by atoms with Gasteiger partial charge in [-0.3, -0.25) is 10.2 Å². The van der Waals surface area contributed by atoms with E-state index in [0.29, 0.717) is 42.1 Å². The summed E-state index contributed by atoms with van der Waals surface area (Å²) in [5, 5.41) is 10.4. The molecule has 5 rings (SSSR count). The third kappa shape index (κ3) is 5.57. The van der Waals surface area contributed by atoms with Gasteiger partial charge in [0.15, 0.2) is 5.82 Å². The molecule has 11 heteroatoms. The average molecular weight is 535 g/mol. The Morgan fingerprint density at radius 1 is 1.11 bits per heavy atom. The number of aromatic nitrogens is 4. The molecule has 1 aliphatic rings. The Balaban J connectivity index is 1.37. The number of urea groups is 1. The zero-order valence-corrected chi connectivity index (χ0v) is 22.4. The predicted octanol–water partition coefficient (Wildman–Crippen LogP) is 4.80. The van der Waals surface area contributed by atoms with Gasteiger partial charge in [-0.15, -0.1) is 0 Å². The minimum atomic E-state index is -0.432. The van der Waals surface area contributed by atoms with Crippen LogP contribution in [0.2, 0.25) is 5.02 Å². The fraction of sp³-hybridized carbons (Fsp3) is 0.333. The molecule has 0 spiro atoms. The first-order chi connectivity index (χ1) is 18.2. The van der Waals surface area contributed by atoms with Gasteiger partial charge in [0.25, 0.3) is 0 Å². The van der Waals surface area contributed by atoms with E-state index in [1.54, 1.807) is 18.3 Å². The van der Waals surface area contributed by atoms with E-state index in [1.165, 1.54) is 6.33 Å². The Hall–Kier alpha value is -3.73. The highest BCUT2D eigenvalue weighted by Gasteiger charge is 2.20. The lowest BCUT2D eigenvalue weighted by Crippen LogP contribution is -2.36. The third-order valence-electron chi connectivity index (χ3n) is 6.54. The van der Waals surface area contributed by atoms with E-state index in [2.05, 4.69) is 57.4 Å². The number of carbonyl (C=O) groups excluding carboxylic acids is 1. The smallest absolute Gasteiger partial charge is 0.324 e. The number of rotatable bonds is 5. The molecule has 1 fully saturated rings. The summed E-state index contributed by atoms with van der Waals surface area (Å²) < 4.78 is 7.31. The van der Waals surface area contributed by atoms with Crippen LogP contribution in [0.3, 0.4) is 0 Å². The number of nitrogen functional groups attached to an aromatic ring is 1. The zero-order chi connectivity index (χ0) is 26.9. The lowest BCUT2D eigenvalue weighted by Gasteiger charge is -2.26. The van der Waals surface area contributed by atoms with Crippen LogP contribution < -0.4 is 16.4 Å². The van der Waals surface area contributed by atoms with Crippen LogP contribution in [0.4, 0.5) is 22.1 Å². The number of carbonyl (C=O) groups is 1. The monoisotopic (exact) mass is 534 g/mol. The molecule has 1 saturated heterocycles. The number of fused-ring (bicyclic) bond motifs is 1. The number of ether oxygens (including phenoxy) is 1. The first kappa shape index (κ1) is 25.9. The van der Waals surface area contributed by atoms with E-state index in [-0.39, 0.29) is 5.41 Å². The van der Waals surface area contributed by atoms with E-state index in [9.17, 15) is 4.79 Å². The van der Waals surface area contributed by atoms with Crippen molar-refractivity contribution >= 4 is 40.5 Å². The van der Waals surface area contributed by atoms with Gasteiger partial charge in [-0.2, -0.15) is 5.10 Å². The molecule has 2 amide bonds. The first-order valence-corrected chi connectivity index (χ1v) is 12.8. The van der Waals surface area contributed by atoms with E-state index in [4.69, 9.17) is 22.1 Å². The van der Waals surface area contributed by atoms with E-state index in [0.717, 1.165) is 41.0 Å². The summed E-state index contributed by atoms with van der Waals surface area (Å²) in [5.41, 5.74) is 11.2. The quantitative estimate of drug-likeness (QED) is 0.336. The number of nitrogens with zero attached hydrogens (tertiary/aromatic N) is 5. The highest BCUT2D eigenvalue weighted by atomic mass is 35.5. The molecule has 4 N–H and O–H groups in total. The highest BCUT2D eigenvalue weighted by Crippen LogP contribution is 2.35. The van der Waals surface area contributed by atoms with Crippen molar-refractivity contribution in [1.82, 2.24) is 24.5 Å². The van der Waals surface area contributed by atoms with Crippen molar-refractivity contribution in [3.8, 4) is 11.1 Å². The summed E-state index contributed by atoms with van der Waals surface area (Å²) in [6.07, 6.45) is 3.14. The van der Waals surface area contributed by atoms with Crippen LogP contribution >= 0.6 is 11.6 Å². The van der Waals surface area contributed by atoms with E-state index >= 15 is 0 Å². The van der Waals surface area contributed by atoms with Crippen LogP contribution in [0.1, 0.15) is 32.0 Å². The molecule has 1 aliphatic heterocycles. The molecular weight excluding hydrogens is 504 g/mol. The van der Waals surface area contributed by atoms with Gasteiger partial charge in [-0.05, 0) is 46.9 Å². The maximum atomic E-state index is 12.7. The maximum absolute atomic E-state index is 12.7. The largest absolute Gasteiger partial charge is 0.382 e. The van der Waals surface area contributed by atoms with E-state index in [1.807, 2.05) is 22.7 Å². The zero-order valence-electron chi connectivity index (χ0n) is 21.7. The number of hydrogen-bond donors (Lipinski definition) is 3. The van der Waals surface area contributed by atoms with Crippen LogP contribution in [-0.2, 0) is 16.7 Å². The number of pyridine rings is 1. The Morgan fingerprint density at radius 3 is 2.63 bits per heavy atom. The minimum Gasteiger partial charge on any atom is -0.382 e. The number of hydrogen-bond acceptors (Lipinski definition) is 7. The Kier molecular flexibility index (Phi) is 7.20. The molecule has 0 saturated carbocycles. The van der Waals surface area contributed by atoms with E-state index < -0.39 is 6.03 Å². The van der Waals surface area contributed by atoms with Crippen LogP contribution in [0.25, 0.3) is 16.6 Å². The van der Waals surface area contributed by atoms with Crippen LogP contribution in [0, 0.1) is 0 Å². The number of amides is 2. The second kappa shape index (κ2) is 10.6. The van der Waals surface area contributed by atoms with Gasteiger partial charge in [0.05, 0.1) is 29.6 Å². The van der Waals surface area contributed by atoms with Crippen molar-refractivity contribution in [2.24, 2.45) is 0 Å². The fourth-order valence-electron chi connectivity index (χ4n) is 4.47. The molecule has 0 aliphatic carbocycles. The second-order valence-corrected chi connectivity index (χ2v) is 10.7. The van der Waals surface area contributed by atoms with Crippen molar-refractivity contribution in [3.63, 3.8) is 0 Å². The van der Waals surface area contributed by atoms with Crippen molar-refractivity contribution in [2.75, 3.05) is 42.7 Å². The van der Waals surface area contributed by atoms with Crippen LogP contribution in [-0.4, -0.2) is 56.8 Å². The van der Waals surface area contributed by atoms with Gasteiger partial charge in [-0.1, -0.05) is 38.4 Å². The number of nitrogens with two attached hydrogens (primary N) is 1. The third-order valence-corrected chi connectivity index (χ3v) is 6.85. The molecule has 38 heavy (non-hydrogen) atoms. The van der Waals surface area contributed by atoms with Crippen molar-refractivity contribution in [2.45, 2.75) is 32.7 Å². The van der Waals surface area contributed by atoms with Gasteiger partial charge < -0.3 is 15.8 Å². The molecule has 0 radical (unpaired) electrons. The molecule has 198 valence electrons. The first-order valence-electron chi connectivity index (χ1n) is 12.4. The summed E-state index contributed by atoms with van der Waals surface area (Å²) in [6, 6.07) is 10.9. The summed E-state index contributed by atoms with van der Waals surface area (Å²) >= 11 is 6.62. The molecule has 1 aromatic carbocycles. The molecule has 3 aromatic heterocycles. The second-order valence-electron chi connectivity index (χ2n) is 10.3. The summed E-state index contributed by atoms with van der Waals surface area (Å²) in [4.78, 5) is 23.5. The Labute approximate surface area is 226 Å². The molecule has 4 aromatic rings. The standard InChI is InChI=1S/C27H31ClN8O2/c1-27(2,3)18-6-7-30-23(13-18)34-26(37)33-22-5-4-17(12-21(22)28)20-14-19(15-35-8-10-38-11-9-35)36-24(20)25(29)31-16-32-36/h4-7,12-14,16H,8-11,15H2,1-3H3,(H2,29,31,32)(H2,30,33,34,37). The molecule has 10 nitrogen and oxygen atoms in total. The van der Waals surface area contributed by atoms with Crippen LogP contribution in [0.5, 0.6) is 0 Å². The molecule has 4 heterocycles. The number of halogens is 1. The van der Waals surface area contributed by atoms with Crippen molar-refractivity contribution in [3.05, 3.63) is 65.2 Å². The lowest BCUT2D eigenvalue weighted by molar-refractivity contribution is 0.0334. The minimum absolute atomic E-state index is 0.0608. The van der Waals surface area contributed by atoms with Gasteiger partial charge in [0.1, 0.15) is 17.7 Å². The number of anilines is 3. The summed E-state index contributed by atoms with van der Waals surface area (Å²) in [5.74, 6) is 0.845. The average Bonchev–Trinajstić information content (AvgIpc) is 3.25. The fourth-order valence-corrected chi connectivity index (χ4v) is 4.70. The Morgan fingerprint density at radius 2 is 1.89 bits per heavy atom. The van der Waals surface area contributed by atoms with Crippen LogP contribution in [0.15, 0.2) is 48.9 Å². The topological polar surface area (TPSA) is 123 Å². The molecule has 0 atom stereocenters. The molecule has 0 bridgehead atoms. The number of benzene rings is 1. The number of nitrogens with one attached hydrogen (secondary N) is 2. The van der Waals surface area contributed by atoms with Crippen molar-refractivity contribution < 1.29 is 9.53 Å². The number of morpholine rings is 1. The Bertz CT molecular complexity index is 1470. The van der Waals surface area contributed by atoms with Gasteiger partial charge in [0, 0.05) is 31.4 Å². The molecule has 0 unspecified atom stereocenters. The molecular formula is C27H31ClN8O2. The summed E-state index contributed by atoms with van der Waals surface area (Å²) in [6.45, 7) is 10.2. The highest BCUT2D eigenvalue weighted by molar-refractivity contribution is 6.34. The van der Waals surface area contributed by atoms with Gasteiger partial charge in [0.2, 0.25) is 0 Å². The lowest BCUT2D eigenvalue weighted by atomic mass is 9.88. The van der Waals surface area contributed by atoms with Crippen molar-refractivity contribution in [1.29, 1.82) is 0 Å². The van der Waals surface area contributed by atoms with Gasteiger partial charge in [-0.25, -0.2) is 19.3 Å². The normalized spacial score (nSPS) is 14.5. The SMILES string of the molecule is CC(C)(C)c1ccnc(NC(=O)Nc2ccc(-c3cc(CN4CCOCC4)n4ncnc(N)c34)cc2Cl)c1. The maximum Gasteiger partial charge on any atom is 0.324 e. The summed E-state index contributed by atoms with van der Waals surface area (Å²) in [7, 11) is 0.